The van der Waals surface area contributed by atoms with Crippen molar-refractivity contribution in [3.05, 3.63) is 71.2 Å². The predicted octanol–water partition coefficient (Wildman–Crippen LogP) is 6.87. The number of carbonyl (C=O) groups excluding carboxylic acids is 3. The van der Waals surface area contributed by atoms with Crippen LogP contribution in [0, 0.1) is 12.3 Å². The first kappa shape index (κ1) is 32.8. The molecule has 1 fully saturated rings. The molecule has 3 heterocycles. The Bertz CT molecular complexity index is 1890. The van der Waals surface area contributed by atoms with Crippen molar-refractivity contribution in [1.29, 1.82) is 0 Å². The molecule has 2 atom stereocenters. The number of anilines is 3. The number of hydrogen-bond donors (Lipinski definition) is 4. The summed E-state index contributed by atoms with van der Waals surface area (Å²) < 4.78 is 5.98. The zero-order valence-electron chi connectivity index (χ0n) is 27.2. The third-order valence-corrected chi connectivity index (χ3v) is 9.34. The quantitative estimate of drug-likeness (QED) is 0.152. The van der Waals surface area contributed by atoms with Crippen molar-refractivity contribution in [3.63, 3.8) is 0 Å². The summed E-state index contributed by atoms with van der Waals surface area (Å²) in [6.07, 6.45) is 2.29. The van der Waals surface area contributed by atoms with Crippen molar-refractivity contribution in [2.24, 2.45) is 5.41 Å². The minimum atomic E-state index is -1.14. The van der Waals surface area contributed by atoms with Gasteiger partial charge >= 0.3 is 12.1 Å². The van der Waals surface area contributed by atoms with E-state index in [-0.39, 0.29) is 42.4 Å². The fourth-order valence-electron chi connectivity index (χ4n) is 6.26. The maximum absolute atomic E-state index is 13.6. The Balaban J connectivity index is 1.14. The summed E-state index contributed by atoms with van der Waals surface area (Å²) in [5.41, 5.74) is 2.26. The standard InChI is InChI=1S/C35H38N6O6S/c1-20-16-24(47-23-8-6-5-7-9-23)12-13-25(20)41-26-14-15-36-32-28(26)29(39-33(41)44)30(48-32)31(43)38-22-11-10-21(17-22)37-27(42)18-40(34(45)46)19-35(2,3)4/h5-9,12-16,21-22H,10-11,17-19H2,1-4H3,(H,37,42)(H,38,43)(H,39,44)(H,45,46)/t21-,22+/m0/s1. The zero-order chi connectivity index (χ0) is 34.2. The molecule has 5 amide bonds. The second kappa shape index (κ2) is 13.1. The van der Waals surface area contributed by atoms with Crippen molar-refractivity contribution in [1.82, 2.24) is 20.5 Å². The van der Waals surface area contributed by atoms with Gasteiger partial charge in [-0.2, -0.15) is 0 Å². The van der Waals surface area contributed by atoms with E-state index in [0.29, 0.717) is 62.9 Å². The molecule has 250 valence electrons. The molecule has 1 saturated carbocycles. The molecule has 0 saturated heterocycles. The molecular formula is C35H38N6O6S. The van der Waals surface area contributed by atoms with E-state index in [1.54, 1.807) is 17.2 Å². The molecule has 2 aliphatic rings. The van der Waals surface area contributed by atoms with Gasteiger partial charge in [0.15, 0.2) is 0 Å². The maximum atomic E-state index is 13.6. The number of amides is 5. The zero-order valence-corrected chi connectivity index (χ0v) is 28.0. The van der Waals surface area contributed by atoms with Crippen LogP contribution in [-0.4, -0.2) is 64.1 Å². The second-order valence-electron chi connectivity index (χ2n) is 13.4. The molecule has 12 nitrogen and oxygen atoms in total. The van der Waals surface area contributed by atoms with E-state index in [0.717, 1.165) is 10.5 Å². The van der Waals surface area contributed by atoms with Gasteiger partial charge in [-0.05, 0) is 73.6 Å². The van der Waals surface area contributed by atoms with E-state index < -0.39 is 12.1 Å². The monoisotopic (exact) mass is 670 g/mol. The van der Waals surface area contributed by atoms with Gasteiger partial charge in [0.2, 0.25) is 5.91 Å². The second-order valence-corrected chi connectivity index (χ2v) is 14.4. The fraction of sp³-hybridized carbons (Fsp3) is 0.343. The van der Waals surface area contributed by atoms with Crippen LogP contribution >= 0.6 is 11.3 Å². The van der Waals surface area contributed by atoms with Gasteiger partial charge in [-0.25, -0.2) is 14.6 Å². The normalized spacial score (nSPS) is 17.2. The van der Waals surface area contributed by atoms with Gasteiger partial charge in [0.05, 0.1) is 22.4 Å². The van der Waals surface area contributed by atoms with Crippen LogP contribution < -0.4 is 25.6 Å². The number of rotatable bonds is 9. The lowest BCUT2D eigenvalue weighted by Crippen LogP contribution is -2.46. The number of urea groups is 1. The topological polar surface area (TPSA) is 153 Å². The third-order valence-electron chi connectivity index (χ3n) is 8.24. The first-order valence-electron chi connectivity index (χ1n) is 15.8. The first-order chi connectivity index (χ1) is 22.9. The lowest BCUT2D eigenvalue weighted by Gasteiger charge is -2.29. The number of aryl methyl sites for hydroxylation is 1. The van der Waals surface area contributed by atoms with E-state index in [2.05, 4.69) is 20.9 Å². The average molecular weight is 671 g/mol. The van der Waals surface area contributed by atoms with Crippen LogP contribution in [0.1, 0.15) is 55.3 Å². The van der Waals surface area contributed by atoms with Gasteiger partial charge in [0.1, 0.15) is 27.8 Å². The van der Waals surface area contributed by atoms with Crippen molar-refractivity contribution in [3.8, 4) is 11.5 Å². The lowest BCUT2D eigenvalue weighted by atomic mass is 9.96. The van der Waals surface area contributed by atoms with Gasteiger partial charge in [0.25, 0.3) is 5.91 Å². The Labute approximate surface area is 282 Å². The Hall–Kier alpha value is -5.17. The lowest BCUT2D eigenvalue weighted by molar-refractivity contribution is -0.122. The number of aromatic nitrogens is 1. The summed E-state index contributed by atoms with van der Waals surface area (Å²) in [5.74, 6) is 0.658. The average Bonchev–Trinajstić information content (AvgIpc) is 3.62. The number of hydrogen-bond acceptors (Lipinski definition) is 7. The maximum Gasteiger partial charge on any atom is 0.407 e. The number of nitrogens with zero attached hydrogens (tertiary/aromatic N) is 3. The van der Waals surface area contributed by atoms with Gasteiger partial charge in [0, 0.05) is 24.8 Å². The van der Waals surface area contributed by atoms with Gasteiger partial charge in [-0.3, -0.25) is 19.4 Å². The summed E-state index contributed by atoms with van der Waals surface area (Å²) in [5, 5.41) is 19.2. The summed E-state index contributed by atoms with van der Waals surface area (Å²) in [6.45, 7) is 7.63. The number of ether oxygens (including phenoxy) is 1. The molecule has 2 aromatic carbocycles. The minimum absolute atomic E-state index is 0.192. The molecule has 1 aliphatic heterocycles. The van der Waals surface area contributed by atoms with Crippen LogP contribution in [0.2, 0.25) is 0 Å². The minimum Gasteiger partial charge on any atom is -0.465 e. The van der Waals surface area contributed by atoms with Crippen molar-refractivity contribution >= 4 is 62.6 Å². The number of para-hydroxylation sites is 1. The molecular weight excluding hydrogens is 632 g/mol. The number of thiophene rings is 1. The smallest absolute Gasteiger partial charge is 0.407 e. The number of nitrogens with one attached hydrogen (secondary N) is 3. The van der Waals surface area contributed by atoms with Gasteiger partial charge in [-0.15, -0.1) is 11.3 Å². The predicted molar refractivity (Wildman–Crippen MR) is 185 cm³/mol. The summed E-state index contributed by atoms with van der Waals surface area (Å²) in [4.78, 5) is 59.8. The molecule has 13 heteroatoms. The number of carboxylic acid groups (broad SMARTS) is 1. The van der Waals surface area contributed by atoms with Crippen molar-refractivity contribution in [2.75, 3.05) is 23.3 Å². The van der Waals surface area contributed by atoms with E-state index in [4.69, 9.17) is 4.74 Å². The molecule has 6 rings (SSSR count). The van der Waals surface area contributed by atoms with Crippen LogP contribution in [0.15, 0.2) is 60.8 Å². The van der Waals surface area contributed by atoms with Crippen LogP contribution in [0.3, 0.4) is 0 Å². The Morgan fingerprint density at radius 2 is 1.77 bits per heavy atom. The van der Waals surface area contributed by atoms with E-state index in [1.165, 1.54) is 11.3 Å². The van der Waals surface area contributed by atoms with Crippen LogP contribution in [0.25, 0.3) is 10.2 Å². The number of pyridine rings is 1. The van der Waals surface area contributed by atoms with Crippen LogP contribution in [0.4, 0.5) is 26.7 Å². The van der Waals surface area contributed by atoms with Crippen molar-refractivity contribution in [2.45, 2.75) is 59.0 Å². The molecule has 0 unspecified atom stereocenters. The molecule has 1 aliphatic carbocycles. The van der Waals surface area contributed by atoms with Gasteiger partial charge < -0.3 is 25.8 Å². The van der Waals surface area contributed by atoms with Gasteiger partial charge in [-0.1, -0.05) is 39.0 Å². The highest BCUT2D eigenvalue weighted by Crippen LogP contribution is 2.46. The molecule has 2 aromatic heterocycles. The third kappa shape index (κ3) is 7.05. The number of carbonyl (C=O) groups is 4. The van der Waals surface area contributed by atoms with Crippen molar-refractivity contribution < 1.29 is 29.0 Å². The molecule has 0 spiro atoms. The summed E-state index contributed by atoms with van der Waals surface area (Å²) >= 11 is 1.21. The molecule has 4 N–H and O–H groups in total. The van der Waals surface area contributed by atoms with E-state index in [9.17, 15) is 24.3 Å². The fourth-order valence-corrected chi connectivity index (χ4v) is 7.28. The largest absolute Gasteiger partial charge is 0.465 e. The highest BCUT2D eigenvalue weighted by molar-refractivity contribution is 7.21. The summed E-state index contributed by atoms with van der Waals surface area (Å²) in [7, 11) is 0. The number of benzene rings is 2. The molecule has 48 heavy (non-hydrogen) atoms. The van der Waals surface area contributed by atoms with Crippen LogP contribution in [0.5, 0.6) is 11.5 Å². The highest BCUT2D eigenvalue weighted by Gasteiger charge is 2.35. The Morgan fingerprint density at radius 1 is 1.04 bits per heavy atom. The Morgan fingerprint density at radius 3 is 2.46 bits per heavy atom. The van der Waals surface area contributed by atoms with E-state index >= 15 is 0 Å². The molecule has 4 aromatic rings. The first-order valence-corrected chi connectivity index (χ1v) is 16.6. The van der Waals surface area contributed by atoms with Crippen LogP contribution in [-0.2, 0) is 4.79 Å². The summed E-state index contributed by atoms with van der Waals surface area (Å²) in [6, 6.07) is 16.0. The highest BCUT2D eigenvalue weighted by atomic mass is 32.1. The Kier molecular flexibility index (Phi) is 8.97. The molecule has 0 bridgehead atoms. The van der Waals surface area contributed by atoms with E-state index in [1.807, 2.05) is 76.2 Å². The molecule has 0 radical (unpaired) electrons. The SMILES string of the molecule is Cc1cc(Oc2ccccc2)ccc1N1C(=O)Nc2c(C(=O)N[C@@H]3CC[C@H](NC(=O)CN(CC(C)(C)C)C(=O)O)C3)sc3nccc1c23.